The maximum Gasteiger partial charge on any atom is 0.251 e. The Labute approximate surface area is 159 Å². The molecule has 0 saturated carbocycles. The molecule has 1 unspecified atom stereocenters. The molecule has 0 aliphatic heterocycles. The summed E-state index contributed by atoms with van der Waals surface area (Å²) >= 11 is 1.69. The number of ether oxygens (including phenoxy) is 2. The zero-order chi connectivity index (χ0) is 18.9. The molecule has 0 spiro atoms. The van der Waals surface area contributed by atoms with E-state index in [1.807, 2.05) is 20.2 Å². The summed E-state index contributed by atoms with van der Waals surface area (Å²) in [7, 11) is 5.62. The summed E-state index contributed by atoms with van der Waals surface area (Å²) in [5.41, 5.74) is 0.563. The Balaban J connectivity index is 2.02. The Morgan fingerprint density at radius 3 is 2.69 bits per heavy atom. The lowest BCUT2D eigenvalue weighted by molar-refractivity contribution is 0.0942. The van der Waals surface area contributed by atoms with Gasteiger partial charge in [0.05, 0.1) is 19.8 Å². The molecule has 2 aromatic rings. The van der Waals surface area contributed by atoms with Crippen molar-refractivity contribution in [1.29, 1.82) is 0 Å². The van der Waals surface area contributed by atoms with Crippen LogP contribution in [0.15, 0.2) is 35.7 Å². The first-order valence-electron chi connectivity index (χ1n) is 8.85. The van der Waals surface area contributed by atoms with Crippen molar-refractivity contribution >= 4 is 17.2 Å². The molecule has 1 aromatic carbocycles. The monoisotopic (exact) mass is 376 g/mol. The smallest absolute Gasteiger partial charge is 0.251 e. The number of unbranched alkanes of at least 4 members (excludes halogenated alkanes) is 1. The van der Waals surface area contributed by atoms with Crippen LogP contribution in [-0.2, 0) is 0 Å². The third-order valence-corrected chi connectivity index (χ3v) is 5.11. The van der Waals surface area contributed by atoms with Crippen LogP contribution in [0.2, 0.25) is 0 Å². The molecule has 2 rings (SSSR count). The number of methoxy groups -OCH3 is 1. The van der Waals surface area contributed by atoms with Gasteiger partial charge in [-0.2, -0.15) is 0 Å². The number of benzene rings is 1. The van der Waals surface area contributed by atoms with Crippen molar-refractivity contribution in [1.82, 2.24) is 10.2 Å². The molecule has 1 N–H and O–H groups in total. The number of nitrogens with one attached hydrogen (secondary N) is 1. The third kappa shape index (κ3) is 5.47. The number of likely N-dealkylation sites (N-methyl/N-ethyl adjacent to an activating group) is 1. The minimum Gasteiger partial charge on any atom is -0.493 e. The van der Waals surface area contributed by atoms with Crippen molar-refractivity contribution in [3.63, 3.8) is 0 Å². The quantitative estimate of drug-likeness (QED) is 0.638. The molecule has 0 saturated heterocycles. The van der Waals surface area contributed by atoms with Crippen molar-refractivity contribution in [2.75, 3.05) is 34.4 Å². The second kappa shape index (κ2) is 10.2. The molecule has 1 heterocycles. The van der Waals surface area contributed by atoms with Crippen LogP contribution >= 0.6 is 11.3 Å². The lowest BCUT2D eigenvalue weighted by Crippen LogP contribution is -2.34. The average Bonchev–Trinajstić information content (AvgIpc) is 3.16. The van der Waals surface area contributed by atoms with E-state index in [0.29, 0.717) is 30.2 Å². The molecule has 6 heteroatoms. The van der Waals surface area contributed by atoms with E-state index in [1.54, 1.807) is 36.6 Å². The first kappa shape index (κ1) is 20.3. The highest BCUT2D eigenvalue weighted by Gasteiger charge is 2.17. The number of hydrogen-bond donors (Lipinski definition) is 1. The molecule has 0 bridgehead atoms. The molecule has 0 radical (unpaired) electrons. The molecule has 26 heavy (non-hydrogen) atoms. The van der Waals surface area contributed by atoms with Gasteiger partial charge in [0.2, 0.25) is 0 Å². The van der Waals surface area contributed by atoms with Crippen molar-refractivity contribution < 1.29 is 14.3 Å². The van der Waals surface area contributed by atoms with Crippen LogP contribution in [0.5, 0.6) is 11.5 Å². The Morgan fingerprint density at radius 2 is 2.08 bits per heavy atom. The van der Waals surface area contributed by atoms with Gasteiger partial charge in [-0.05, 0) is 50.2 Å². The first-order chi connectivity index (χ1) is 12.6. The molecule has 142 valence electrons. The summed E-state index contributed by atoms with van der Waals surface area (Å²) < 4.78 is 11.1. The highest BCUT2D eigenvalue weighted by atomic mass is 32.1. The van der Waals surface area contributed by atoms with E-state index in [4.69, 9.17) is 9.47 Å². The standard InChI is InChI=1S/C20H28N2O3S/c1-5-6-11-25-17-10-9-15(13-18(17)24-4)20(23)21-14-16(22(2)3)19-8-7-12-26-19/h7-10,12-13,16H,5-6,11,14H2,1-4H3,(H,21,23). The van der Waals surface area contributed by atoms with Crippen LogP contribution in [0.25, 0.3) is 0 Å². The van der Waals surface area contributed by atoms with Gasteiger partial charge >= 0.3 is 0 Å². The van der Waals surface area contributed by atoms with Gasteiger partial charge < -0.3 is 19.7 Å². The second-order valence-corrected chi connectivity index (χ2v) is 7.25. The van der Waals surface area contributed by atoms with E-state index < -0.39 is 0 Å². The Morgan fingerprint density at radius 1 is 1.27 bits per heavy atom. The highest BCUT2D eigenvalue weighted by Crippen LogP contribution is 2.28. The molecule has 1 amide bonds. The van der Waals surface area contributed by atoms with Crippen LogP contribution in [0.4, 0.5) is 0 Å². The number of carbonyl (C=O) groups is 1. The van der Waals surface area contributed by atoms with Crippen LogP contribution in [-0.4, -0.2) is 45.2 Å². The molecule has 1 atom stereocenters. The summed E-state index contributed by atoms with van der Waals surface area (Å²) in [6.45, 7) is 3.30. The number of rotatable bonds is 10. The van der Waals surface area contributed by atoms with E-state index in [-0.39, 0.29) is 11.9 Å². The summed E-state index contributed by atoms with van der Waals surface area (Å²) in [6, 6.07) is 9.57. The van der Waals surface area contributed by atoms with Gasteiger partial charge in [-0.3, -0.25) is 4.79 Å². The van der Waals surface area contributed by atoms with Gasteiger partial charge in [0, 0.05) is 17.0 Å². The molecule has 0 fully saturated rings. The Kier molecular flexibility index (Phi) is 7.94. The molecular weight excluding hydrogens is 348 g/mol. The van der Waals surface area contributed by atoms with Gasteiger partial charge in [0.1, 0.15) is 0 Å². The van der Waals surface area contributed by atoms with E-state index in [1.165, 1.54) is 4.88 Å². The minimum atomic E-state index is -0.119. The van der Waals surface area contributed by atoms with Crippen LogP contribution in [0.3, 0.4) is 0 Å². The van der Waals surface area contributed by atoms with Crippen LogP contribution in [0.1, 0.15) is 41.0 Å². The molecule has 0 aliphatic rings. The zero-order valence-electron chi connectivity index (χ0n) is 16.0. The van der Waals surface area contributed by atoms with Gasteiger partial charge in [-0.25, -0.2) is 0 Å². The summed E-state index contributed by atoms with van der Waals surface area (Å²) in [5, 5.41) is 5.07. The van der Waals surface area contributed by atoms with Crippen molar-refractivity contribution in [3.05, 3.63) is 46.2 Å². The summed E-state index contributed by atoms with van der Waals surface area (Å²) in [6.07, 6.45) is 2.06. The number of carbonyl (C=O) groups excluding carboxylic acids is 1. The van der Waals surface area contributed by atoms with E-state index in [0.717, 1.165) is 12.8 Å². The number of amides is 1. The van der Waals surface area contributed by atoms with Crippen molar-refractivity contribution in [2.24, 2.45) is 0 Å². The highest BCUT2D eigenvalue weighted by molar-refractivity contribution is 7.10. The fraction of sp³-hybridized carbons (Fsp3) is 0.450. The Hall–Kier alpha value is -2.05. The maximum absolute atomic E-state index is 12.6. The lowest BCUT2D eigenvalue weighted by Gasteiger charge is -2.23. The van der Waals surface area contributed by atoms with Crippen molar-refractivity contribution in [3.8, 4) is 11.5 Å². The number of thiophene rings is 1. The van der Waals surface area contributed by atoms with Crippen LogP contribution in [0, 0.1) is 0 Å². The molecule has 1 aromatic heterocycles. The second-order valence-electron chi connectivity index (χ2n) is 6.27. The van der Waals surface area contributed by atoms with Gasteiger partial charge in [-0.1, -0.05) is 19.4 Å². The molecule has 5 nitrogen and oxygen atoms in total. The largest absolute Gasteiger partial charge is 0.493 e. The summed E-state index contributed by atoms with van der Waals surface area (Å²) in [4.78, 5) is 15.9. The topological polar surface area (TPSA) is 50.8 Å². The first-order valence-corrected chi connectivity index (χ1v) is 9.73. The zero-order valence-corrected chi connectivity index (χ0v) is 16.8. The Bertz CT molecular complexity index is 686. The van der Waals surface area contributed by atoms with E-state index >= 15 is 0 Å². The lowest BCUT2D eigenvalue weighted by atomic mass is 10.1. The number of nitrogens with zero attached hydrogens (tertiary/aromatic N) is 1. The number of hydrogen-bond acceptors (Lipinski definition) is 5. The predicted molar refractivity (Wildman–Crippen MR) is 106 cm³/mol. The van der Waals surface area contributed by atoms with Gasteiger partial charge in [0.15, 0.2) is 11.5 Å². The average molecular weight is 377 g/mol. The predicted octanol–water partition coefficient (Wildman–Crippen LogP) is 3.97. The maximum atomic E-state index is 12.6. The minimum absolute atomic E-state index is 0.119. The van der Waals surface area contributed by atoms with Crippen molar-refractivity contribution in [2.45, 2.75) is 25.8 Å². The van der Waals surface area contributed by atoms with Gasteiger partial charge in [-0.15, -0.1) is 11.3 Å². The van der Waals surface area contributed by atoms with Gasteiger partial charge in [0.25, 0.3) is 5.91 Å². The van der Waals surface area contributed by atoms with E-state index in [2.05, 4.69) is 28.6 Å². The SMILES string of the molecule is CCCCOc1ccc(C(=O)NCC(c2cccs2)N(C)C)cc1OC. The summed E-state index contributed by atoms with van der Waals surface area (Å²) in [5.74, 6) is 1.13. The molecular formula is C20H28N2O3S. The third-order valence-electron chi connectivity index (χ3n) is 4.13. The van der Waals surface area contributed by atoms with E-state index in [9.17, 15) is 4.79 Å². The molecule has 0 aliphatic carbocycles. The normalized spacial score (nSPS) is 12.0. The fourth-order valence-corrected chi connectivity index (χ4v) is 3.49. The fourth-order valence-electron chi connectivity index (χ4n) is 2.56. The van der Waals surface area contributed by atoms with Crippen LogP contribution < -0.4 is 14.8 Å².